The van der Waals surface area contributed by atoms with Gasteiger partial charge in [-0.15, -0.1) is 0 Å². The van der Waals surface area contributed by atoms with E-state index in [2.05, 4.69) is 13.8 Å². The van der Waals surface area contributed by atoms with E-state index >= 15 is 0 Å². The van der Waals surface area contributed by atoms with E-state index in [4.69, 9.17) is 9.47 Å². The lowest BCUT2D eigenvalue weighted by molar-refractivity contribution is 0.0319. The molecule has 1 unspecified atom stereocenters. The van der Waals surface area contributed by atoms with Crippen LogP contribution in [0.3, 0.4) is 0 Å². The second-order valence-electron chi connectivity index (χ2n) is 8.96. The summed E-state index contributed by atoms with van der Waals surface area (Å²) < 4.78 is 10.9. The van der Waals surface area contributed by atoms with Gasteiger partial charge in [0.2, 0.25) is 0 Å². The van der Waals surface area contributed by atoms with Gasteiger partial charge in [0.25, 0.3) is 0 Å². The molecule has 0 aromatic heterocycles. The van der Waals surface area contributed by atoms with Gasteiger partial charge in [-0.3, -0.25) is 0 Å². The Labute approximate surface area is 196 Å². The third-order valence-electron chi connectivity index (χ3n) is 5.84. The highest BCUT2D eigenvalue weighted by Gasteiger charge is 2.15. The third kappa shape index (κ3) is 13.5. The second-order valence-corrected chi connectivity index (χ2v) is 8.96. The van der Waals surface area contributed by atoms with E-state index < -0.39 is 0 Å². The maximum Gasteiger partial charge on any atom is 0.338 e. The molecule has 0 saturated heterocycles. The largest absolute Gasteiger partial charge is 0.462 e. The van der Waals surface area contributed by atoms with E-state index in [1.54, 1.807) is 24.3 Å². The van der Waals surface area contributed by atoms with Crippen molar-refractivity contribution in [3.8, 4) is 0 Å². The zero-order valence-corrected chi connectivity index (χ0v) is 20.8. The highest BCUT2D eigenvalue weighted by atomic mass is 16.5. The van der Waals surface area contributed by atoms with Gasteiger partial charge in [-0.2, -0.15) is 0 Å². The maximum absolute atomic E-state index is 12.4. The number of unbranched alkanes of at least 4 members (excludes halogenated alkanes) is 12. The van der Waals surface area contributed by atoms with Crippen molar-refractivity contribution in [2.24, 2.45) is 0 Å². The topological polar surface area (TPSA) is 52.6 Å². The Morgan fingerprint density at radius 3 is 1.81 bits per heavy atom. The predicted octanol–water partition coefficient (Wildman–Crippen LogP) is 8.28. The van der Waals surface area contributed by atoms with E-state index in [1.165, 1.54) is 57.8 Å². The van der Waals surface area contributed by atoms with Gasteiger partial charge < -0.3 is 9.47 Å². The first-order chi connectivity index (χ1) is 15.6. The average molecular weight is 447 g/mol. The number of carbonyl (C=O) groups is 2. The van der Waals surface area contributed by atoms with Crippen LogP contribution in [-0.2, 0) is 9.47 Å². The first kappa shape index (κ1) is 28.2. The zero-order chi connectivity index (χ0) is 23.4. The number of benzene rings is 1. The molecule has 0 aliphatic rings. The van der Waals surface area contributed by atoms with Gasteiger partial charge in [-0.25, -0.2) is 9.59 Å². The Balaban J connectivity index is 2.20. The molecule has 0 aliphatic carbocycles. The third-order valence-corrected chi connectivity index (χ3v) is 5.84. The summed E-state index contributed by atoms with van der Waals surface area (Å²) in [6, 6.07) is 6.65. The Morgan fingerprint density at radius 2 is 1.22 bits per heavy atom. The first-order valence-electron chi connectivity index (χ1n) is 13.1. The summed E-state index contributed by atoms with van der Waals surface area (Å²) >= 11 is 0. The van der Waals surface area contributed by atoms with Crippen LogP contribution in [0.5, 0.6) is 0 Å². The zero-order valence-electron chi connectivity index (χ0n) is 20.8. The monoisotopic (exact) mass is 446 g/mol. The fraction of sp³-hybridized carbons (Fsp3) is 0.714. The van der Waals surface area contributed by atoms with Crippen LogP contribution in [0.4, 0.5) is 0 Å². The van der Waals surface area contributed by atoms with Crippen molar-refractivity contribution in [1.82, 2.24) is 0 Å². The van der Waals surface area contributed by atoms with Gasteiger partial charge in [-0.1, -0.05) is 97.0 Å². The Bertz CT molecular complexity index is 626. The van der Waals surface area contributed by atoms with E-state index in [1.807, 2.05) is 6.92 Å². The van der Waals surface area contributed by atoms with Crippen LogP contribution < -0.4 is 0 Å². The van der Waals surface area contributed by atoms with Crippen LogP contribution in [0.1, 0.15) is 138 Å². The molecule has 1 aromatic carbocycles. The smallest absolute Gasteiger partial charge is 0.338 e. The van der Waals surface area contributed by atoms with Gasteiger partial charge >= 0.3 is 11.9 Å². The second kappa shape index (κ2) is 18.7. The van der Waals surface area contributed by atoms with Crippen LogP contribution in [0.25, 0.3) is 0 Å². The summed E-state index contributed by atoms with van der Waals surface area (Å²) in [5.41, 5.74) is 0.803. The van der Waals surface area contributed by atoms with Crippen molar-refractivity contribution in [3.63, 3.8) is 0 Å². The number of hydrogen-bond donors (Lipinski definition) is 0. The minimum Gasteiger partial charge on any atom is -0.462 e. The Hall–Kier alpha value is -1.84. The number of rotatable bonds is 19. The molecule has 0 radical (unpaired) electrons. The van der Waals surface area contributed by atoms with Gasteiger partial charge in [0.1, 0.15) is 0 Å². The van der Waals surface area contributed by atoms with Crippen molar-refractivity contribution in [2.45, 2.75) is 123 Å². The molecule has 0 aliphatic heterocycles. The van der Waals surface area contributed by atoms with E-state index in [9.17, 15) is 9.59 Å². The molecule has 0 N–H and O–H groups in total. The standard InChI is InChI=1S/C28H46O4/c1-4-6-8-9-10-11-12-13-14-15-17-22-31-27(29)25-20-18-21-26(23-25)28(30)32-24(3)19-16-7-5-2/h18,20-21,23-24H,4-17,19,22H2,1-3H3. The van der Waals surface area contributed by atoms with Gasteiger partial charge in [0.05, 0.1) is 23.8 Å². The summed E-state index contributed by atoms with van der Waals surface area (Å²) in [7, 11) is 0. The molecule has 182 valence electrons. The molecular weight excluding hydrogens is 400 g/mol. The van der Waals surface area contributed by atoms with Crippen LogP contribution in [0.15, 0.2) is 24.3 Å². The van der Waals surface area contributed by atoms with E-state index in [0.717, 1.165) is 38.5 Å². The van der Waals surface area contributed by atoms with Crippen molar-refractivity contribution in [2.75, 3.05) is 6.61 Å². The fourth-order valence-electron chi connectivity index (χ4n) is 3.78. The van der Waals surface area contributed by atoms with Crippen LogP contribution in [-0.4, -0.2) is 24.6 Å². The number of carbonyl (C=O) groups excluding carboxylic acids is 2. The van der Waals surface area contributed by atoms with Crippen molar-refractivity contribution in [1.29, 1.82) is 0 Å². The summed E-state index contributed by atoms with van der Waals surface area (Å²) in [4.78, 5) is 24.7. The number of ether oxygens (including phenoxy) is 2. The maximum atomic E-state index is 12.4. The average Bonchev–Trinajstić information content (AvgIpc) is 2.80. The lowest BCUT2D eigenvalue weighted by Crippen LogP contribution is -2.16. The SMILES string of the molecule is CCCCCCCCCCCCCOC(=O)c1cccc(C(=O)OC(C)CCCCC)c1. The lowest BCUT2D eigenvalue weighted by Gasteiger charge is -2.13. The van der Waals surface area contributed by atoms with Crippen LogP contribution in [0, 0.1) is 0 Å². The highest BCUT2D eigenvalue weighted by Crippen LogP contribution is 2.14. The number of esters is 2. The highest BCUT2D eigenvalue weighted by molar-refractivity contribution is 5.95. The molecule has 1 atom stereocenters. The summed E-state index contributed by atoms with van der Waals surface area (Å²) in [6.45, 7) is 6.75. The molecule has 4 nitrogen and oxygen atoms in total. The summed E-state index contributed by atoms with van der Waals surface area (Å²) in [5, 5.41) is 0. The minimum atomic E-state index is -0.381. The summed E-state index contributed by atoms with van der Waals surface area (Å²) in [5.74, 6) is -0.753. The molecular formula is C28H46O4. The molecule has 0 saturated carbocycles. The lowest BCUT2D eigenvalue weighted by atomic mass is 10.1. The molecule has 0 heterocycles. The quantitative estimate of drug-likeness (QED) is 0.158. The number of hydrogen-bond acceptors (Lipinski definition) is 4. The van der Waals surface area contributed by atoms with Gasteiger partial charge in [0.15, 0.2) is 0 Å². The Morgan fingerprint density at radius 1 is 0.719 bits per heavy atom. The molecule has 0 fully saturated rings. The van der Waals surface area contributed by atoms with E-state index in [-0.39, 0.29) is 18.0 Å². The van der Waals surface area contributed by atoms with E-state index in [0.29, 0.717) is 17.7 Å². The Kier molecular flexibility index (Phi) is 16.5. The first-order valence-corrected chi connectivity index (χ1v) is 13.1. The minimum absolute atomic E-state index is 0.120. The normalized spacial score (nSPS) is 11.8. The van der Waals surface area contributed by atoms with Crippen LogP contribution in [0.2, 0.25) is 0 Å². The molecule has 1 aromatic rings. The fourth-order valence-corrected chi connectivity index (χ4v) is 3.78. The molecule has 0 bridgehead atoms. The van der Waals surface area contributed by atoms with Crippen molar-refractivity contribution < 1.29 is 19.1 Å². The van der Waals surface area contributed by atoms with Crippen molar-refractivity contribution >= 4 is 11.9 Å². The summed E-state index contributed by atoms with van der Waals surface area (Å²) in [6.07, 6.45) is 18.0. The van der Waals surface area contributed by atoms with Crippen molar-refractivity contribution in [3.05, 3.63) is 35.4 Å². The van der Waals surface area contributed by atoms with Gasteiger partial charge in [-0.05, 0) is 44.4 Å². The molecule has 0 amide bonds. The molecule has 32 heavy (non-hydrogen) atoms. The molecule has 1 rings (SSSR count). The predicted molar refractivity (Wildman–Crippen MR) is 132 cm³/mol. The molecule has 4 heteroatoms. The van der Waals surface area contributed by atoms with Gasteiger partial charge in [0, 0.05) is 0 Å². The van der Waals surface area contributed by atoms with Crippen LogP contribution >= 0.6 is 0 Å². The molecule has 0 spiro atoms.